The van der Waals surface area contributed by atoms with Crippen molar-refractivity contribution in [1.29, 1.82) is 0 Å². The van der Waals surface area contributed by atoms with Gasteiger partial charge in [-0.25, -0.2) is 17.5 Å². The minimum Gasteiger partial charge on any atom is -0.396 e. The Hall–Kier alpha value is -1.14. The molecule has 1 aromatic carbocycles. The van der Waals surface area contributed by atoms with Gasteiger partial charge in [-0.1, -0.05) is 0 Å². The van der Waals surface area contributed by atoms with Gasteiger partial charge >= 0.3 is 0 Å². The van der Waals surface area contributed by atoms with Crippen LogP contribution in [0.5, 0.6) is 0 Å². The number of benzene rings is 1. The second kappa shape index (κ2) is 4.39. The van der Waals surface area contributed by atoms with Gasteiger partial charge in [-0.15, -0.1) is 0 Å². The average Bonchev–Trinajstić information content (AvgIpc) is 2.08. The molecule has 0 saturated heterocycles. The topological polar surface area (TPSA) is 72.2 Å². The second-order valence-corrected chi connectivity index (χ2v) is 5.60. The van der Waals surface area contributed by atoms with Crippen LogP contribution in [-0.4, -0.2) is 14.5 Å². The Bertz CT molecular complexity index is 498. The highest BCUT2D eigenvalue weighted by molar-refractivity contribution is 7.89. The van der Waals surface area contributed by atoms with Crippen molar-refractivity contribution in [3.05, 3.63) is 23.5 Å². The number of halogens is 1. The van der Waals surface area contributed by atoms with Crippen LogP contribution in [0, 0.1) is 12.7 Å². The van der Waals surface area contributed by atoms with Gasteiger partial charge < -0.3 is 5.73 Å². The summed E-state index contributed by atoms with van der Waals surface area (Å²) in [6, 6.07) is 2.02. The standard InChI is InChI=1S/C10H15FN2O2S/c1-6(2)13-16(14,15)10-5-9(12)8(11)4-7(10)3/h4-6,13H,12H2,1-3H3. The first-order valence-corrected chi connectivity index (χ1v) is 6.30. The Balaban J connectivity index is 3.29. The lowest BCUT2D eigenvalue weighted by Crippen LogP contribution is -2.30. The largest absolute Gasteiger partial charge is 0.396 e. The van der Waals surface area contributed by atoms with Crippen molar-refractivity contribution >= 4 is 15.7 Å². The predicted molar refractivity (Wildman–Crippen MR) is 61.0 cm³/mol. The second-order valence-electron chi connectivity index (χ2n) is 3.92. The Labute approximate surface area is 94.7 Å². The zero-order valence-corrected chi connectivity index (χ0v) is 10.2. The summed E-state index contributed by atoms with van der Waals surface area (Å²) in [6.45, 7) is 4.94. The molecule has 90 valence electrons. The fourth-order valence-corrected chi connectivity index (χ4v) is 2.84. The summed E-state index contributed by atoms with van der Waals surface area (Å²) >= 11 is 0. The van der Waals surface area contributed by atoms with Crippen LogP contribution in [0.15, 0.2) is 17.0 Å². The third kappa shape index (κ3) is 2.70. The molecule has 0 unspecified atom stereocenters. The molecule has 1 aromatic rings. The van der Waals surface area contributed by atoms with Crippen molar-refractivity contribution in [2.24, 2.45) is 0 Å². The molecule has 0 fully saturated rings. The summed E-state index contributed by atoms with van der Waals surface area (Å²) in [4.78, 5) is 0.0140. The molecule has 1 rings (SSSR count). The van der Waals surface area contributed by atoms with E-state index in [-0.39, 0.29) is 16.6 Å². The van der Waals surface area contributed by atoms with Gasteiger partial charge in [0.1, 0.15) is 5.82 Å². The van der Waals surface area contributed by atoms with Crippen LogP contribution >= 0.6 is 0 Å². The first-order valence-electron chi connectivity index (χ1n) is 4.82. The van der Waals surface area contributed by atoms with E-state index in [1.807, 2.05) is 0 Å². The summed E-state index contributed by atoms with van der Waals surface area (Å²) < 4.78 is 39.2. The molecule has 0 aliphatic carbocycles. The van der Waals surface area contributed by atoms with Gasteiger partial charge in [-0.05, 0) is 38.5 Å². The number of nitrogens with two attached hydrogens (primary N) is 1. The van der Waals surface area contributed by atoms with Crippen molar-refractivity contribution in [3.63, 3.8) is 0 Å². The fraction of sp³-hybridized carbons (Fsp3) is 0.400. The van der Waals surface area contributed by atoms with Crippen LogP contribution in [-0.2, 0) is 10.0 Å². The predicted octanol–water partition coefficient (Wildman–Crippen LogP) is 1.40. The van der Waals surface area contributed by atoms with Gasteiger partial charge in [-0.2, -0.15) is 0 Å². The van der Waals surface area contributed by atoms with Crippen molar-refractivity contribution in [2.45, 2.75) is 31.7 Å². The minimum absolute atomic E-state index is 0.0140. The molecule has 0 amide bonds. The van der Waals surface area contributed by atoms with Gasteiger partial charge in [-0.3, -0.25) is 0 Å². The number of anilines is 1. The minimum atomic E-state index is -3.63. The van der Waals surface area contributed by atoms with Gasteiger partial charge in [0.05, 0.1) is 10.6 Å². The highest BCUT2D eigenvalue weighted by Crippen LogP contribution is 2.21. The molecule has 3 N–H and O–H groups in total. The number of hydrogen-bond donors (Lipinski definition) is 2. The summed E-state index contributed by atoms with van der Waals surface area (Å²) in [6.07, 6.45) is 0. The lowest BCUT2D eigenvalue weighted by molar-refractivity contribution is 0.568. The summed E-state index contributed by atoms with van der Waals surface area (Å²) in [5, 5.41) is 0. The number of hydrogen-bond acceptors (Lipinski definition) is 3. The lowest BCUT2D eigenvalue weighted by Gasteiger charge is -2.12. The molecule has 0 aliphatic heterocycles. The van der Waals surface area contributed by atoms with Crippen LogP contribution in [0.3, 0.4) is 0 Å². The van der Waals surface area contributed by atoms with E-state index >= 15 is 0 Å². The smallest absolute Gasteiger partial charge is 0.241 e. The number of nitrogens with one attached hydrogen (secondary N) is 1. The van der Waals surface area contributed by atoms with Gasteiger partial charge in [0.15, 0.2) is 0 Å². The number of nitrogen functional groups attached to an aromatic ring is 1. The molecular formula is C10H15FN2O2S. The molecule has 0 heterocycles. The van der Waals surface area contributed by atoms with Crippen LogP contribution in [0.1, 0.15) is 19.4 Å². The summed E-state index contributed by atoms with van der Waals surface area (Å²) in [5.41, 5.74) is 5.51. The Morgan fingerprint density at radius 2 is 1.94 bits per heavy atom. The molecule has 0 aliphatic rings. The van der Waals surface area contributed by atoms with Crippen LogP contribution in [0.2, 0.25) is 0 Å². The SMILES string of the molecule is Cc1cc(F)c(N)cc1S(=O)(=O)NC(C)C. The zero-order chi connectivity index (χ0) is 12.5. The third-order valence-electron chi connectivity index (χ3n) is 1.97. The van der Waals surface area contributed by atoms with E-state index in [2.05, 4.69) is 4.72 Å². The fourth-order valence-electron chi connectivity index (χ4n) is 1.33. The molecule has 0 saturated carbocycles. The summed E-state index contributed by atoms with van der Waals surface area (Å²) in [5.74, 6) is -0.610. The highest BCUT2D eigenvalue weighted by atomic mass is 32.2. The van der Waals surface area contributed by atoms with Gasteiger partial charge in [0, 0.05) is 6.04 Å². The molecule has 0 spiro atoms. The molecule has 0 radical (unpaired) electrons. The van der Waals surface area contributed by atoms with Gasteiger partial charge in [0.25, 0.3) is 0 Å². The van der Waals surface area contributed by atoms with E-state index in [0.29, 0.717) is 5.56 Å². The normalized spacial score (nSPS) is 12.1. The first-order chi connectivity index (χ1) is 7.24. The molecule has 16 heavy (non-hydrogen) atoms. The molecule has 4 nitrogen and oxygen atoms in total. The van der Waals surface area contributed by atoms with Crippen LogP contribution < -0.4 is 10.5 Å². The Morgan fingerprint density at radius 1 is 1.38 bits per heavy atom. The maximum absolute atomic E-state index is 13.1. The molecular weight excluding hydrogens is 231 g/mol. The number of rotatable bonds is 3. The summed E-state index contributed by atoms with van der Waals surface area (Å²) in [7, 11) is -3.63. The Morgan fingerprint density at radius 3 is 2.44 bits per heavy atom. The zero-order valence-electron chi connectivity index (χ0n) is 9.41. The molecule has 6 heteroatoms. The average molecular weight is 246 g/mol. The van der Waals surface area contributed by atoms with Crippen molar-refractivity contribution in [3.8, 4) is 0 Å². The first kappa shape index (κ1) is 12.9. The Kier molecular flexibility index (Phi) is 3.54. The third-order valence-corrected chi connectivity index (χ3v) is 3.78. The van der Waals surface area contributed by atoms with Crippen LogP contribution in [0.25, 0.3) is 0 Å². The maximum Gasteiger partial charge on any atom is 0.241 e. The molecule has 0 aromatic heterocycles. The number of sulfonamides is 1. The van der Waals surface area contributed by atoms with Gasteiger partial charge in [0.2, 0.25) is 10.0 Å². The van der Waals surface area contributed by atoms with Crippen molar-refractivity contribution in [2.75, 3.05) is 5.73 Å². The van der Waals surface area contributed by atoms with E-state index in [1.165, 1.54) is 6.92 Å². The molecule has 0 atom stereocenters. The van der Waals surface area contributed by atoms with E-state index in [9.17, 15) is 12.8 Å². The van der Waals surface area contributed by atoms with Crippen LogP contribution in [0.4, 0.5) is 10.1 Å². The van der Waals surface area contributed by atoms with Crippen molar-refractivity contribution < 1.29 is 12.8 Å². The number of aryl methyl sites for hydroxylation is 1. The van der Waals surface area contributed by atoms with E-state index < -0.39 is 15.8 Å². The quantitative estimate of drug-likeness (QED) is 0.792. The lowest BCUT2D eigenvalue weighted by atomic mass is 10.2. The monoisotopic (exact) mass is 246 g/mol. The highest BCUT2D eigenvalue weighted by Gasteiger charge is 2.19. The maximum atomic E-state index is 13.1. The van der Waals surface area contributed by atoms with Crippen molar-refractivity contribution in [1.82, 2.24) is 4.72 Å². The van der Waals surface area contributed by atoms with E-state index in [1.54, 1.807) is 13.8 Å². The molecule has 0 bridgehead atoms. The van der Waals surface area contributed by atoms with E-state index in [4.69, 9.17) is 5.73 Å². The van der Waals surface area contributed by atoms with E-state index in [0.717, 1.165) is 12.1 Å².